The fourth-order valence-corrected chi connectivity index (χ4v) is 5.10. The molecule has 1 aliphatic heterocycles. The molecule has 6 heteroatoms. The standard InChI is InChI=1S/C14H21NO3S2/c1-3-13-10-15(8-9-19-13)20(17,18)14-6-4-12(5-7-14)11(2)16/h4-7,11,13,16H,3,8-10H2,1-2H3. The first-order chi connectivity index (χ1) is 9.45. The zero-order valence-corrected chi connectivity index (χ0v) is 13.5. The first kappa shape index (κ1) is 15.8. The number of aliphatic hydroxyl groups excluding tert-OH is 1. The Morgan fingerprint density at radius 3 is 2.60 bits per heavy atom. The highest BCUT2D eigenvalue weighted by Gasteiger charge is 2.29. The summed E-state index contributed by atoms with van der Waals surface area (Å²) in [5.41, 5.74) is 0.726. The number of hydrogen-bond donors (Lipinski definition) is 1. The van der Waals surface area contributed by atoms with E-state index in [2.05, 4.69) is 6.92 Å². The average molecular weight is 315 g/mol. The molecule has 0 spiro atoms. The van der Waals surface area contributed by atoms with Crippen LogP contribution in [0.2, 0.25) is 0 Å². The molecule has 1 N–H and O–H groups in total. The molecule has 0 aliphatic carbocycles. The van der Waals surface area contributed by atoms with Gasteiger partial charge in [-0.25, -0.2) is 8.42 Å². The quantitative estimate of drug-likeness (QED) is 0.926. The number of aliphatic hydroxyl groups is 1. The lowest BCUT2D eigenvalue weighted by Crippen LogP contribution is -2.41. The fourth-order valence-electron chi connectivity index (χ4n) is 2.22. The maximum atomic E-state index is 12.6. The molecule has 1 heterocycles. The molecule has 112 valence electrons. The van der Waals surface area contributed by atoms with E-state index in [1.165, 1.54) is 0 Å². The van der Waals surface area contributed by atoms with Crippen LogP contribution in [0.5, 0.6) is 0 Å². The van der Waals surface area contributed by atoms with Crippen molar-refractivity contribution in [3.63, 3.8) is 0 Å². The van der Waals surface area contributed by atoms with Gasteiger partial charge in [0, 0.05) is 24.1 Å². The van der Waals surface area contributed by atoms with Gasteiger partial charge >= 0.3 is 0 Å². The third-order valence-electron chi connectivity index (χ3n) is 3.56. The third-order valence-corrected chi connectivity index (χ3v) is 6.81. The maximum absolute atomic E-state index is 12.6. The normalized spacial score (nSPS) is 22.6. The first-order valence-corrected chi connectivity index (χ1v) is 9.33. The largest absolute Gasteiger partial charge is 0.389 e. The van der Waals surface area contributed by atoms with Crippen LogP contribution in [0.25, 0.3) is 0 Å². The van der Waals surface area contributed by atoms with E-state index in [9.17, 15) is 13.5 Å². The molecule has 1 aromatic carbocycles. The van der Waals surface area contributed by atoms with E-state index in [0.717, 1.165) is 17.7 Å². The molecule has 2 atom stereocenters. The van der Waals surface area contributed by atoms with Gasteiger partial charge in [-0.05, 0) is 31.0 Å². The second-order valence-corrected chi connectivity index (χ2v) is 8.36. The minimum Gasteiger partial charge on any atom is -0.389 e. The van der Waals surface area contributed by atoms with Gasteiger partial charge in [0.25, 0.3) is 0 Å². The Kier molecular flexibility index (Phi) is 5.12. The van der Waals surface area contributed by atoms with Crippen LogP contribution in [0.4, 0.5) is 0 Å². The van der Waals surface area contributed by atoms with E-state index >= 15 is 0 Å². The molecular formula is C14H21NO3S2. The first-order valence-electron chi connectivity index (χ1n) is 6.85. The molecule has 0 aromatic heterocycles. The van der Waals surface area contributed by atoms with Crippen LogP contribution in [0, 0.1) is 0 Å². The van der Waals surface area contributed by atoms with E-state index in [-0.39, 0.29) is 0 Å². The number of hydrogen-bond acceptors (Lipinski definition) is 4. The van der Waals surface area contributed by atoms with Crippen molar-refractivity contribution in [1.82, 2.24) is 4.31 Å². The summed E-state index contributed by atoms with van der Waals surface area (Å²) in [4.78, 5) is 0.309. The zero-order valence-electron chi connectivity index (χ0n) is 11.8. The molecule has 1 aliphatic rings. The van der Waals surface area contributed by atoms with Gasteiger partial charge in [0.15, 0.2) is 0 Å². The Morgan fingerprint density at radius 2 is 2.05 bits per heavy atom. The smallest absolute Gasteiger partial charge is 0.243 e. The molecule has 2 unspecified atom stereocenters. The van der Waals surface area contributed by atoms with Crippen molar-refractivity contribution in [1.29, 1.82) is 0 Å². The van der Waals surface area contributed by atoms with Crippen molar-refractivity contribution >= 4 is 21.8 Å². The summed E-state index contributed by atoms with van der Waals surface area (Å²) in [6.45, 7) is 4.91. The Morgan fingerprint density at radius 1 is 1.40 bits per heavy atom. The van der Waals surface area contributed by atoms with E-state index < -0.39 is 16.1 Å². The molecule has 1 fully saturated rings. The lowest BCUT2D eigenvalue weighted by molar-refractivity contribution is 0.199. The molecular weight excluding hydrogens is 294 g/mol. The summed E-state index contributed by atoms with van der Waals surface area (Å²) >= 11 is 1.85. The Labute approximate surface area is 125 Å². The number of sulfonamides is 1. The van der Waals surface area contributed by atoms with Gasteiger partial charge in [-0.15, -0.1) is 0 Å². The number of nitrogens with zero attached hydrogens (tertiary/aromatic N) is 1. The molecule has 20 heavy (non-hydrogen) atoms. The van der Waals surface area contributed by atoms with E-state index in [1.807, 2.05) is 11.8 Å². The molecule has 2 rings (SSSR count). The van der Waals surface area contributed by atoms with Gasteiger partial charge in [0.05, 0.1) is 11.0 Å². The Balaban J connectivity index is 2.21. The molecule has 4 nitrogen and oxygen atoms in total. The predicted molar refractivity (Wildman–Crippen MR) is 82.4 cm³/mol. The highest BCUT2D eigenvalue weighted by molar-refractivity contribution is 8.00. The lowest BCUT2D eigenvalue weighted by Gasteiger charge is -2.31. The molecule has 0 amide bonds. The predicted octanol–water partition coefficient (Wildman–Crippen LogP) is 2.26. The Hall–Kier alpha value is -0.560. The summed E-state index contributed by atoms with van der Waals surface area (Å²) in [6, 6.07) is 6.52. The molecule has 1 saturated heterocycles. The molecule has 0 bridgehead atoms. The van der Waals surface area contributed by atoms with Crippen LogP contribution in [-0.4, -0.2) is 41.9 Å². The van der Waals surface area contributed by atoms with Crippen molar-refractivity contribution in [3.05, 3.63) is 29.8 Å². The number of thioether (sulfide) groups is 1. The van der Waals surface area contributed by atoms with Gasteiger partial charge in [-0.3, -0.25) is 0 Å². The van der Waals surface area contributed by atoms with Crippen molar-refractivity contribution in [3.8, 4) is 0 Å². The van der Waals surface area contributed by atoms with Crippen molar-refractivity contribution in [2.75, 3.05) is 18.8 Å². The van der Waals surface area contributed by atoms with Crippen molar-refractivity contribution in [2.45, 2.75) is 36.5 Å². The molecule has 0 radical (unpaired) electrons. The number of benzene rings is 1. The minimum absolute atomic E-state index is 0.309. The van der Waals surface area contributed by atoms with Gasteiger partial charge in [-0.2, -0.15) is 16.1 Å². The van der Waals surface area contributed by atoms with Crippen LogP contribution >= 0.6 is 11.8 Å². The Bertz CT molecular complexity index is 540. The minimum atomic E-state index is -3.41. The summed E-state index contributed by atoms with van der Waals surface area (Å²) < 4.78 is 26.7. The van der Waals surface area contributed by atoms with Gasteiger partial charge in [-0.1, -0.05) is 19.1 Å². The second kappa shape index (κ2) is 6.47. The van der Waals surface area contributed by atoms with Gasteiger partial charge in [0.2, 0.25) is 10.0 Å². The summed E-state index contributed by atoms with van der Waals surface area (Å²) in [5.74, 6) is 0.851. The zero-order chi connectivity index (χ0) is 14.8. The van der Waals surface area contributed by atoms with Crippen LogP contribution in [0.1, 0.15) is 31.9 Å². The maximum Gasteiger partial charge on any atom is 0.243 e. The molecule has 0 saturated carbocycles. The third kappa shape index (κ3) is 3.36. The van der Waals surface area contributed by atoms with E-state index in [1.54, 1.807) is 35.5 Å². The highest BCUT2D eigenvalue weighted by Crippen LogP contribution is 2.26. The summed E-state index contributed by atoms with van der Waals surface area (Å²) in [7, 11) is -3.41. The fraction of sp³-hybridized carbons (Fsp3) is 0.571. The highest BCUT2D eigenvalue weighted by atomic mass is 32.2. The lowest BCUT2D eigenvalue weighted by atomic mass is 10.1. The monoisotopic (exact) mass is 315 g/mol. The van der Waals surface area contributed by atoms with E-state index in [4.69, 9.17) is 0 Å². The van der Waals surface area contributed by atoms with Crippen LogP contribution in [-0.2, 0) is 10.0 Å². The topological polar surface area (TPSA) is 57.6 Å². The van der Waals surface area contributed by atoms with Crippen LogP contribution in [0.3, 0.4) is 0 Å². The van der Waals surface area contributed by atoms with Crippen LogP contribution in [0.15, 0.2) is 29.2 Å². The number of rotatable bonds is 4. The summed E-state index contributed by atoms with van der Waals surface area (Å²) in [5, 5.41) is 9.85. The SMILES string of the molecule is CCC1CN(S(=O)(=O)c2ccc(C(C)O)cc2)CCS1. The summed E-state index contributed by atoms with van der Waals surface area (Å²) in [6.07, 6.45) is 0.403. The second-order valence-electron chi connectivity index (χ2n) is 5.01. The molecule has 1 aromatic rings. The average Bonchev–Trinajstić information content (AvgIpc) is 2.47. The van der Waals surface area contributed by atoms with Crippen molar-refractivity contribution in [2.24, 2.45) is 0 Å². The van der Waals surface area contributed by atoms with Crippen LogP contribution < -0.4 is 0 Å². The van der Waals surface area contributed by atoms with Crippen molar-refractivity contribution < 1.29 is 13.5 Å². The van der Waals surface area contributed by atoms with E-state index in [0.29, 0.717) is 23.2 Å². The van der Waals surface area contributed by atoms with Gasteiger partial charge in [0.1, 0.15) is 0 Å². The van der Waals surface area contributed by atoms with Gasteiger partial charge < -0.3 is 5.11 Å².